The Morgan fingerprint density at radius 1 is 1.40 bits per heavy atom. The molecule has 0 saturated heterocycles. The van der Waals surface area contributed by atoms with E-state index in [9.17, 15) is 0 Å². The lowest BCUT2D eigenvalue weighted by atomic mass is 10.0. The van der Waals surface area contributed by atoms with Gasteiger partial charge >= 0.3 is 0 Å². The highest BCUT2D eigenvalue weighted by molar-refractivity contribution is 9.09. The van der Waals surface area contributed by atoms with E-state index in [2.05, 4.69) is 35.9 Å². The van der Waals surface area contributed by atoms with Gasteiger partial charge in [0.15, 0.2) is 0 Å². The van der Waals surface area contributed by atoms with E-state index >= 15 is 0 Å². The lowest BCUT2D eigenvalue weighted by molar-refractivity contribution is 0.781. The van der Waals surface area contributed by atoms with E-state index < -0.39 is 0 Å². The normalized spacial score (nSPS) is 12.3. The average molecular weight is 308 g/mol. The quantitative estimate of drug-likeness (QED) is 0.653. The summed E-state index contributed by atoms with van der Waals surface area (Å²) in [5, 5.41) is 2.23. The Balaban J connectivity index is 3.06. The molecule has 1 rings (SSSR count). The molecule has 0 aliphatic heterocycles. The van der Waals surface area contributed by atoms with Gasteiger partial charge in [-0.1, -0.05) is 70.7 Å². The minimum atomic E-state index is 0.510. The molecule has 0 atom stereocenters. The second kappa shape index (κ2) is 5.93. The van der Waals surface area contributed by atoms with Gasteiger partial charge in [0.2, 0.25) is 0 Å². The molecule has 1 aromatic rings. The van der Waals surface area contributed by atoms with Crippen LogP contribution >= 0.6 is 39.1 Å². The van der Waals surface area contributed by atoms with Gasteiger partial charge in [0, 0.05) is 15.4 Å². The van der Waals surface area contributed by atoms with Crippen LogP contribution < -0.4 is 0 Å². The van der Waals surface area contributed by atoms with Crippen LogP contribution in [-0.4, -0.2) is 5.33 Å². The standard InChI is InChI=1S/C12H13BrCl2/c1-8(2)10(7-13)5-9-3-4-11(14)6-12(9)15/h3-6,8H,7H2,1-2H3. The highest BCUT2D eigenvalue weighted by Gasteiger charge is 2.04. The molecule has 0 spiro atoms. The van der Waals surface area contributed by atoms with Crippen molar-refractivity contribution in [3.63, 3.8) is 0 Å². The maximum absolute atomic E-state index is 6.09. The molecule has 0 bridgehead atoms. The molecule has 0 aromatic heterocycles. The number of hydrogen-bond donors (Lipinski definition) is 0. The summed E-state index contributed by atoms with van der Waals surface area (Å²) < 4.78 is 0. The van der Waals surface area contributed by atoms with E-state index in [1.807, 2.05) is 12.1 Å². The predicted octanol–water partition coefficient (Wildman–Crippen LogP) is 5.43. The summed E-state index contributed by atoms with van der Waals surface area (Å²) in [5.74, 6) is 0.510. The van der Waals surface area contributed by atoms with Crippen LogP contribution in [0.5, 0.6) is 0 Å². The Morgan fingerprint density at radius 3 is 2.53 bits per heavy atom. The van der Waals surface area contributed by atoms with Gasteiger partial charge in [-0.05, 0) is 23.6 Å². The summed E-state index contributed by atoms with van der Waals surface area (Å²) in [4.78, 5) is 0. The maximum Gasteiger partial charge on any atom is 0.0493 e. The predicted molar refractivity (Wildman–Crippen MR) is 73.1 cm³/mol. The van der Waals surface area contributed by atoms with Gasteiger partial charge in [0.25, 0.3) is 0 Å². The van der Waals surface area contributed by atoms with Crippen molar-refractivity contribution < 1.29 is 0 Å². The molecule has 0 unspecified atom stereocenters. The van der Waals surface area contributed by atoms with Crippen LogP contribution in [0, 0.1) is 5.92 Å². The molecule has 3 heteroatoms. The van der Waals surface area contributed by atoms with Crippen LogP contribution in [0.15, 0.2) is 23.8 Å². The van der Waals surface area contributed by atoms with Crippen molar-refractivity contribution in [2.75, 3.05) is 5.33 Å². The summed E-state index contributed by atoms with van der Waals surface area (Å²) in [7, 11) is 0. The van der Waals surface area contributed by atoms with Gasteiger partial charge in [-0.15, -0.1) is 0 Å². The number of hydrogen-bond acceptors (Lipinski definition) is 0. The molecule has 0 heterocycles. The maximum atomic E-state index is 6.09. The van der Waals surface area contributed by atoms with Gasteiger partial charge in [-0.25, -0.2) is 0 Å². The van der Waals surface area contributed by atoms with E-state index in [4.69, 9.17) is 23.2 Å². The molecule has 82 valence electrons. The summed E-state index contributed by atoms with van der Waals surface area (Å²) in [6, 6.07) is 5.56. The molecule has 0 saturated carbocycles. The molecule has 1 aromatic carbocycles. The van der Waals surface area contributed by atoms with Gasteiger partial charge in [-0.2, -0.15) is 0 Å². The molecule has 0 N–H and O–H groups in total. The van der Waals surface area contributed by atoms with E-state index in [-0.39, 0.29) is 0 Å². The minimum Gasteiger partial charge on any atom is -0.0880 e. The van der Waals surface area contributed by atoms with Crippen LogP contribution in [0.25, 0.3) is 6.08 Å². The summed E-state index contributed by atoms with van der Waals surface area (Å²) >= 11 is 15.4. The second-order valence-electron chi connectivity index (χ2n) is 3.67. The van der Waals surface area contributed by atoms with Crippen molar-refractivity contribution in [3.05, 3.63) is 39.4 Å². The van der Waals surface area contributed by atoms with Crippen molar-refractivity contribution in [1.82, 2.24) is 0 Å². The fourth-order valence-corrected chi connectivity index (χ4v) is 2.45. The van der Waals surface area contributed by atoms with Gasteiger partial charge < -0.3 is 0 Å². The van der Waals surface area contributed by atoms with Crippen molar-refractivity contribution in [2.24, 2.45) is 5.92 Å². The molecule has 0 aliphatic rings. The minimum absolute atomic E-state index is 0.510. The van der Waals surface area contributed by atoms with Gasteiger partial charge in [0.1, 0.15) is 0 Å². The van der Waals surface area contributed by atoms with Crippen molar-refractivity contribution in [2.45, 2.75) is 13.8 Å². The van der Waals surface area contributed by atoms with Crippen LogP contribution in [0.4, 0.5) is 0 Å². The molecule has 0 amide bonds. The zero-order valence-electron chi connectivity index (χ0n) is 8.73. The average Bonchev–Trinajstić information content (AvgIpc) is 2.16. The summed E-state index contributed by atoms with van der Waals surface area (Å²) in [5.41, 5.74) is 2.34. The van der Waals surface area contributed by atoms with E-state index in [0.29, 0.717) is 16.0 Å². The first-order valence-electron chi connectivity index (χ1n) is 4.76. The van der Waals surface area contributed by atoms with Crippen molar-refractivity contribution in [1.29, 1.82) is 0 Å². The number of halogens is 3. The molecule has 0 aliphatic carbocycles. The fourth-order valence-electron chi connectivity index (χ4n) is 1.18. The molecule has 0 radical (unpaired) electrons. The topological polar surface area (TPSA) is 0 Å². The second-order valence-corrected chi connectivity index (χ2v) is 5.08. The Bertz CT molecular complexity index is 370. The smallest absolute Gasteiger partial charge is 0.0493 e. The Kier molecular flexibility index (Phi) is 5.17. The Labute approximate surface area is 109 Å². The number of benzene rings is 1. The zero-order chi connectivity index (χ0) is 11.4. The van der Waals surface area contributed by atoms with Crippen LogP contribution in [0.1, 0.15) is 19.4 Å². The van der Waals surface area contributed by atoms with E-state index in [1.165, 1.54) is 5.57 Å². The fraction of sp³-hybridized carbons (Fsp3) is 0.333. The Morgan fingerprint density at radius 2 is 2.07 bits per heavy atom. The van der Waals surface area contributed by atoms with Crippen molar-refractivity contribution >= 4 is 45.2 Å². The SMILES string of the molecule is CC(C)C(=Cc1ccc(Cl)cc1Cl)CBr. The van der Waals surface area contributed by atoms with Crippen LogP contribution in [0.3, 0.4) is 0 Å². The highest BCUT2D eigenvalue weighted by Crippen LogP contribution is 2.25. The third-order valence-corrected chi connectivity index (χ3v) is 3.41. The third-order valence-electron chi connectivity index (χ3n) is 2.20. The molecule has 0 fully saturated rings. The summed E-state index contributed by atoms with van der Waals surface area (Å²) in [6.45, 7) is 4.33. The summed E-state index contributed by atoms with van der Waals surface area (Å²) in [6.07, 6.45) is 2.11. The monoisotopic (exact) mass is 306 g/mol. The number of rotatable bonds is 3. The molecule has 0 nitrogen and oxygen atoms in total. The first-order chi connectivity index (χ1) is 7.04. The largest absolute Gasteiger partial charge is 0.0880 e. The number of allylic oxidation sites excluding steroid dienone is 1. The van der Waals surface area contributed by atoms with Crippen LogP contribution in [0.2, 0.25) is 10.0 Å². The Hall–Kier alpha value is 0.0200. The van der Waals surface area contributed by atoms with E-state index in [0.717, 1.165) is 10.9 Å². The first-order valence-corrected chi connectivity index (χ1v) is 6.63. The lowest BCUT2D eigenvalue weighted by Gasteiger charge is -2.08. The molecule has 15 heavy (non-hydrogen) atoms. The van der Waals surface area contributed by atoms with Gasteiger partial charge in [0.05, 0.1) is 0 Å². The molecular formula is C12H13BrCl2. The van der Waals surface area contributed by atoms with Crippen LogP contribution in [-0.2, 0) is 0 Å². The van der Waals surface area contributed by atoms with Crippen molar-refractivity contribution in [3.8, 4) is 0 Å². The first kappa shape index (κ1) is 13.1. The highest BCUT2D eigenvalue weighted by atomic mass is 79.9. The number of alkyl halides is 1. The van der Waals surface area contributed by atoms with Gasteiger partial charge in [-0.3, -0.25) is 0 Å². The molecular weight excluding hydrogens is 295 g/mol. The van der Waals surface area contributed by atoms with E-state index in [1.54, 1.807) is 6.07 Å². The lowest BCUT2D eigenvalue weighted by Crippen LogP contribution is -1.95. The zero-order valence-corrected chi connectivity index (χ0v) is 11.8. The third kappa shape index (κ3) is 3.82.